The number of rotatable bonds is 4. The van der Waals surface area contributed by atoms with Crippen LogP contribution in [0.3, 0.4) is 0 Å². The van der Waals surface area contributed by atoms with Gasteiger partial charge in [-0.15, -0.1) is 0 Å². The fourth-order valence-corrected chi connectivity index (χ4v) is 2.58. The first-order chi connectivity index (χ1) is 12.4. The molecule has 0 aliphatic rings. The Morgan fingerprint density at radius 2 is 1.69 bits per heavy atom. The van der Waals surface area contributed by atoms with Gasteiger partial charge in [-0.1, -0.05) is 13.8 Å². The summed E-state index contributed by atoms with van der Waals surface area (Å²) in [5.74, 6) is 0.764. The topological polar surface area (TPSA) is 71.9 Å². The standard InChI is InChI=1S/C18H19N5O.C2H6/c1-11-17-18(21-13(3)20-11)19-9-15(22-17)10-23(4)16-7-5-14(6-8-16)12(2)24;1-2/h5-9H,10H2,1-4H3;1-2H3. The molecule has 3 aromatic rings. The third kappa shape index (κ3) is 4.39. The van der Waals surface area contributed by atoms with Crippen molar-refractivity contribution in [2.45, 2.75) is 41.2 Å². The lowest BCUT2D eigenvalue weighted by atomic mass is 10.1. The molecular weight excluding hydrogens is 326 g/mol. The Hall–Kier alpha value is -2.89. The van der Waals surface area contributed by atoms with Gasteiger partial charge < -0.3 is 4.90 Å². The van der Waals surface area contributed by atoms with Gasteiger partial charge in [0.1, 0.15) is 11.3 Å². The zero-order valence-electron chi connectivity index (χ0n) is 16.2. The molecule has 0 saturated carbocycles. The number of fused-ring (bicyclic) bond motifs is 1. The zero-order valence-corrected chi connectivity index (χ0v) is 16.2. The third-order valence-corrected chi connectivity index (χ3v) is 3.86. The number of Topliss-reactive ketones (excluding diaryl/α,β-unsaturated/α-hetero) is 1. The van der Waals surface area contributed by atoms with Crippen LogP contribution in [0.4, 0.5) is 5.69 Å². The van der Waals surface area contributed by atoms with Crippen molar-refractivity contribution in [3.05, 3.63) is 53.2 Å². The molecule has 0 atom stereocenters. The van der Waals surface area contributed by atoms with Crippen LogP contribution in [-0.4, -0.2) is 32.8 Å². The zero-order chi connectivity index (χ0) is 19.3. The monoisotopic (exact) mass is 351 g/mol. The van der Waals surface area contributed by atoms with Crippen LogP contribution in [0.1, 0.15) is 48.3 Å². The van der Waals surface area contributed by atoms with Crippen molar-refractivity contribution in [2.24, 2.45) is 0 Å². The second kappa shape index (κ2) is 8.47. The van der Waals surface area contributed by atoms with Crippen molar-refractivity contribution in [2.75, 3.05) is 11.9 Å². The SMILES string of the molecule is CC.CC(=O)c1ccc(N(C)Cc2cnc3nc(C)nc(C)c3n2)cc1. The quantitative estimate of drug-likeness (QED) is 0.664. The van der Waals surface area contributed by atoms with E-state index in [1.54, 1.807) is 13.1 Å². The van der Waals surface area contributed by atoms with E-state index in [0.717, 1.165) is 22.6 Å². The largest absolute Gasteiger partial charge is 0.369 e. The first-order valence-corrected chi connectivity index (χ1v) is 8.73. The van der Waals surface area contributed by atoms with Gasteiger partial charge in [0.25, 0.3) is 0 Å². The summed E-state index contributed by atoms with van der Waals surface area (Å²) in [5.41, 5.74) is 4.76. The molecule has 3 rings (SSSR count). The first-order valence-electron chi connectivity index (χ1n) is 8.73. The maximum Gasteiger partial charge on any atom is 0.181 e. The van der Waals surface area contributed by atoms with E-state index in [2.05, 4.69) is 24.8 Å². The Balaban J connectivity index is 0.00000117. The Kier molecular flexibility index (Phi) is 6.33. The molecule has 0 bridgehead atoms. The van der Waals surface area contributed by atoms with E-state index in [1.807, 2.05) is 59.0 Å². The van der Waals surface area contributed by atoms with Crippen molar-refractivity contribution >= 4 is 22.6 Å². The Morgan fingerprint density at radius 1 is 1.04 bits per heavy atom. The normalized spacial score (nSPS) is 10.2. The van der Waals surface area contributed by atoms with Crippen LogP contribution in [-0.2, 0) is 6.54 Å². The van der Waals surface area contributed by atoms with Gasteiger partial charge in [0.05, 0.1) is 24.1 Å². The maximum atomic E-state index is 11.4. The highest BCUT2D eigenvalue weighted by Gasteiger charge is 2.09. The summed E-state index contributed by atoms with van der Waals surface area (Å²) < 4.78 is 0. The molecule has 0 N–H and O–H groups in total. The Labute approximate surface area is 154 Å². The van der Waals surface area contributed by atoms with Gasteiger partial charge in [-0.2, -0.15) is 0 Å². The van der Waals surface area contributed by atoms with Crippen molar-refractivity contribution in [1.29, 1.82) is 0 Å². The number of carbonyl (C=O) groups excluding carboxylic acids is 1. The summed E-state index contributed by atoms with van der Waals surface area (Å²) >= 11 is 0. The molecular formula is C20H25N5O. The summed E-state index contributed by atoms with van der Waals surface area (Å²) in [6.45, 7) is 9.94. The molecule has 136 valence electrons. The van der Waals surface area contributed by atoms with Crippen LogP contribution in [0.2, 0.25) is 0 Å². The molecule has 0 spiro atoms. The van der Waals surface area contributed by atoms with Crippen LogP contribution in [0.25, 0.3) is 11.2 Å². The number of hydrogen-bond acceptors (Lipinski definition) is 6. The minimum Gasteiger partial charge on any atom is -0.369 e. The van der Waals surface area contributed by atoms with E-state index in [1.165, 1.54) is 0 Å². The molecule has 0 radical (unpaired) electrons. The van der Waals surface area contributed by atoms with Crippen LogP contribution in [0.15, 0.2) is 30.5 Å². The van der Waals surface area contributed by atoms with Crippen molar-refractivity contribution < 1.29 is 4.79 Å². The lowest BCUT2D eigenvalue weighted by molar-refractivity contribution is 0.101. The van der Waals surface area contributed by atoms with Crippen molar-refractivity contribution in [3.8, 4) is 0 Å². The summed E-state index contributed by atoms with van der Waals surface area (Å²) in [6.07, 6.45) is 1.74. The number of ketones is 1. The fraction of sp³-hybridized carbons (Fsp3) is 0.350. The van der Waals surface area contributed by atoms with Crippen LogP contribution in [0, 0.1) is 13.8 Å². The molecule has 0 aliphatic heterocycles. The number of hydrogen-bond donors (Lipinski definition) is 0. The van der Waals surface area contributed by atoms with Gasteiger partial charge in [0, 0.05) is 18.3 Å². The molecule has 0 fully saturated rings. The Bertz CT molecular complexity index is 906. The van der Waals surface area contributed by atoms with E-state index >= 15 is 0 Å². The average molecular weight is 351 g/mol. The van der Waals surface area contributed by atoms with Crippen LogP contribution >= 0.6 is 0 Å². The second-order valence-electron chi connectivity index (χ2n) is 5.85. The van der Waals surface area contributed by atoms with Gasteiger partial charge >= 0.3 is 0 Å². The summed E-state index contributed by atoms with van der Waals surface area (Å²) in [6, 6.07) is 7.54. The molecule has 0 saturated heterocycles. The van der Waals surface area contributed by atoms with Gasteiger partial charge in [-0.05, 0) is 45.0 Å². The number of carbonyl (C=O) groups is 1. The fourth-order valence-electron chi connectivity index (χ4n) is 2.58. The predicted octanol–water partition coefficient (Wildman–Crippen LogP) is 3.90. The highest BCUT2D eigenvalue weighted by molar-refractivity contribution is 5.94. The molecule has 2 aromatic heterocycles. The average Bonchev–Trinajstić information content (AvgIpc) is 2.64. The third-order valence-electron chi connectivity index (χ3n) is 3.86. The summed E-state index contributed by atoms with van der Waals surface area (Å²) in [5, 5.41) is 0. The molecule has 0 unspecified atom stereocenters. The minimum absolute atomic E-state index is 0.0652. The first kappa shape index (κ1) is 19.4. The van der Waals surface area contributed by atoms with E-state index < -0.39 is 0 Å². The molecule has 1 aromatic carbocycles. The number of nitrogens with zero attached hydrogens (tertiary/aromatic N) is 5. The lowest BCUT2D eigenvalue weighted by Gasteiger charge is -2.19. The van der Waals surface area contributed by atoms with E-state index in [9.17, 15) is 4.79 Å². The van der Waals surface area contributed by atoms with Gasteiger partial charge in [-0.3, -0.25) is 4.79 Å². The lowest BCUT2D eigenvalue weighted by Crippen LogP contribution is -2.17. The molecule has 6 nitrogen and oxygen atoms in total. The number of benzene rings is 1. The summed E-state index contributed by atoms with van der Waals surface area (Å²) in [7, 11) is 1.98. The molecule has 26 heavy (non-hydrogen) atoms. The van der Waals surface area contributed by atoms with E-state index in [-0.39, 0.29) is 5.78 Å². The number of anilines is 1. The van der Waals surface area contributed by atoms with Crippen LogP contribution in [0.5, 0.6) is 0 Å². The van der Waals surface area contributed by atoms with Gasteiger partial charge in [0.15, 0.2) is 11.4 Å². The smallest absolute Gasteiger partial charge is 0.181 e. The molecule has 0 amide bonds. The van der Waals surface area contributed by atoms with Crippen LogP contribution < -0.4 is 4.90 Å². The highest BCUT2D eigenvalue weighted by atomic mass is 16.1. The second-order valence-corrected chi connectivity index (χ2v) is 5.85. The maximum absolute atomic E-state index is 11.4. The summed E-state index contributed by atoms with van der Waals surface area (Å²) in [4.78, 5) is 31.1. The Morgan fingerprint density at radius 3 is 2.31 bits per heavy atom. The number of aryl methyl sites for hydroxylation is 2. The number of aromatic nitrogens is 4. The highest BCUT2D eigenvalue weighted by Crippen LogP contribution is 2.17. The van der Waals surface area contributed by atoms with Crippen molar-refractivity contribution in [3.63, 3.8) is 0 Å². The van der Waals surface area contributed by atoms with Gasteiger partial charge in [-0.25, -0.2) is 19.9 Å². The molecule has 2 heterocycles. The minimum atomic E-state index is 0.0652. The van der Waals surface area contributed by atoms with Crippen molar-refractivity contribution in [1.82, 2.24) is 19.9 Å². The van der Waals surface area contributed by atoms with E-state index in [4.69, 9.17) is 0 Å². The van der Waals surface area contributed by atoms with E-state index in [0.29, 0.717) is 23.6 Å². The van der Waals surface area contributed by atoms with Gasteiger partial charge in [0.2, 0.25) is 0 Å². The molecule has 0 aliphatic carbocycles. The predicted molar refractivity (Wildman–Crippen MR) is 105 cm³/mol. The molecule has 6 heteroatoms.